The van der Waals surface area contributed by atoms with Gasteiger partial charge >= 0.3 is 0 Å². The third-order valence-corrected chi connectivity index (χ3v) is 14.1. The quantitative estimate of drug-likeness (QED) is 0.146. The molecule has 208 valence electrons. The lowest BCUT2D eigenvalue weighted by molar-refractivity contribution is -0.0560. The van der Waals surface area contributed by atoms with Crippen molar-refractivity contribution < 1.29 is 9.09 Å². The molecule has 0 amide bonds. The van der Waals surface area contributed by atoms with E-state index in [1.54, 1.807) is 12.2 Å². The lowest BCUT2D eigenvalue weighted by Crippen LogP contribution is -2.51. The van der Waals surface area contributed by atoms with E-state index >= 15 is 0 Å². The topological polar surface area (TPSA) is 29.5 Å². The molecule has 0 radical (unpaired) electrons. The molecule has 4 aliphatic carbocycles. The summed E-state index contributed by atoms with van der Waals surface area (Å²) in [6, 6.07) is 0. The van der Waals surface area contributed by atoms with E-state index < -0.39 is 7.52 Å². The van der Waals surface area contributed by atoms with Crippen molar-refractivity contribution in [2.75, 3.05) is 25.6 Å². The molecule has 0 spiro atoms. The monoisotopic (exact) mass is 583 g/mol. The van der Waals surface area contributed by atoms with Crippen molar-refractivity contribution >= 4 is 23.4 Å². The Morgan fingerprint density at radius 2 is 1.86 bits per heavy atom. The van der Waals surface area contributed by atoms with Crippen LogP contribution >= 0.6 is 23.4 Å². The highest BCUT2D eigenvalue weighted by Crippen LogP contribution is 2.67. The SMILES string of the molecule is CC(C)CCC[C@@H](C)[C@H]1CC[C@H]2[C@@H]3CC=C4C[C@@H](OP(C)(=O)N(C)CCBr)CC[C@]4(C)[C@H]3CC[C@]12C. The third-order valence-electron chi connectivity index (χ3n) is 11.6. The van der Waals surface area contributed by atoms with Gasteiger partial charge in [-0.15, -0.1) is 0 Å². The second-order valence-electron chi connectivity index (χ2n) is 14.1. The molecule has 0 aromatic rings. The average molecular weight is 585 g/mol. The van der Waals surface area contributed by atoms with Crippen molar-refractivity contribution in [3.8, 4) is 0 Å². The van der Waals surface area contributed by atoms with Crippen molar-refractivity contribution in [1.82, 2.24) is 4.67 Å². The minimum absolute atomic E-state index is 0.103. The molecule has 0 N–H and O–H groups in total. The van der Waals surface area contributed by atoms with Gasteiger partial charge in [-0.1, -0.05) is 81.5 Å². The Balaban J connectivity index is 1.43. The molecule has 0 saturated heterocycles. The largest absolute Gasteiger partial charge is 0.314 e. The standard InChI is InChI=1S/C31H55BrNO2P/c1-22(2)9-8-10-23(3)27-13-14-28-26-12-11-24-21-25(35-36(7,34)33(6)20-19-32)15-17-30(24,4)29(26)16-18-31(27,28)5/h11,22-23,25-29H,8-10,12-21H2,1-7H3/t23-,25+,26+,27-,28+,29+,30+,31-,36?/m1/s1. The minimum Gasteiger partial charge on any atom is -0.314 e. The third kappa shape index (κ3) is 5.64. The van der Waals surface area contributed by atoms with E-state index in [9.17, 15) is 4.57 Å². The Morgan fingerprint density at radius 3 is 2.56 bits per heavy atom. The van der Waals surface area contributed by atoms with Crippen LogP contribution in [0.4, 0.5) is 0 Å². The van der Waals surface area contributed by atoms with E-state index in [1.165, 1.54) is 57.8 Å². The summed E-state index contributed by atoms with van der Waals surface area (Å²) in [5, 5.41) is 0.819. The van der Waals surface area contributed by atoms with Crippen molar-refractivity contribution in [3.63, 3.8) is 0 Å². The van der Waals surface area contributed by atoms with Crippen molar-refractivity contribution in [1.29, 1.82) is 0 Å². The van der Waals surface area contributed by atoms with Crippen LogP contribution in [0.3, 0.4) is 0 Å². The Labute approximate surface area is 231 Å². The molecule has 0 aliphatic heterocycles. The van der Waals surface area contributed by atoms with E-state index in [4.69, 9.17) is 4.52 Å². The molecule has 5 heteroatoms. The second kappa shape index (κ2) is 11.5. The molecule has 0 aromatic heterocycles. The van der Waals surface area contributed by atoms with Crippen LogP contribution in [-0.2, 0) is 9.09 Å². The first kappa shape index (κ1) is 29.4. The normalized spacial score (nSPS) is 40.8. The predicted octanol–water partition coefficient (Wildman–Crippen LogP) is 9.56. The van der Waals surface area contributed by atoms with Gasteiger partial charge in [0.1, 0.15) is 0 Å². The van der Waals surface area contributed by atoms with Gasteiger partial charge < -0.3 is 4.52 Å². The molecule has 3 fully saturated rings. The molecule has 4 aliphatic rings. The first-order chi connectivity index (χ1) is 16.9. The summed E-state index contributed by atoms with van der Waals surface area (Å²) in [4.78, 5) is 0. The van der Waals surface area contributed by atoms with Gasteiger partial charge in [0.2, 0.25) is 0 Å². The molecule has 1 unspecified atom stereocenters. The first-order valence-electron chi connectivity index (χ1n) is 15.2. The highest BCUT2D eigenvalue weighted by Gasteiger charge is 2.59. The molecule has 3 saturated carbocycles. The maximum Gasteiger partial charge on any atom is 0.269 e. The van der Waals surface area contributed by atoms with Gasteiger partial charge in [0, 0.05) is 18.5 Å². The highest BCUT2D eigenvalue weighted by molar-refractivity contribution is 9.09. The summed E-state index contributed by atoms with van der Waals surface area (Å²) in [6.45, 7) is 15.1. The maximum atomic E-state index is 13.2. The maximum absolute atomic E-state index is 13.2. The van der Waals surface area contributed by atoms with E-state index in [-0.39, 0.29) is 6.10 Å². The van der Waals surface area contributed by atoms with Crippen molar-refractivity contribution in [2.45, 2.75) is 111 Å². The van der Waals surface area contributed by atoms with Crippen LogP contribution in [-0.4, -0.2) is 36.4 Å². The molecule has 3 nitrogen and oxygen atoms in total. The number of fused-ring (bicyclic) bond motifs is 5. The van der Waals surface area contributed by atoms with Gasteiger partial charge in [-0.05, 0) is 105 Å². The summed E-state index contributed by atoms with van der Waals surface area (Å²) >= 11 is 3.48. The minimum atomic E-state index is -2.74. The molecule has 0 aromatic carbocycles. The number of nitrogens with zero attached hydrogens (tertiary/aromatic N) is 1. The molecule has 0 heterocycles. The number of halogens is 1. The highest BCUT2D eigenvalue weighted by atomic mass is 79.9. The fraction of sp³-hybridized carbons (Fsp3) is 0.935. The number of allylic oxidation sites excluding steroid dienone is 1. The van der Waals surface area contributed by atoms with Gasteiger partial charge in [-0.25, -0.2) is 4.67 Å². The van der Waals surface area contributed by atoms with Crippen LogP contribution in [0.1, 0.15) is 105 Å². The summed E-state index contributed by atoms with van der Waals surface area (Å²) in [6.07, 6.45) is 17.2. The Bertz CT molecular complexity index is 844. The second-order valence-corrected chi connectivity index (χ2v) is 17.4. The van der Waals surface area contributed by atoms with Crippen LogP contribution in [0.5, 0.6) is 0 Å². The van der Waals surface area contributed by atoms with E-state index in [1.807, 2.05) is 11.7 Å². The molecule has 4 rings (SSSR count). The lowest BCUT2D eigenvalue weighted by atomic mass is 9.47. The van der Waals surface area contributed by atoms with Gasteiger partial charge in [0.15, 0.2) is 0 Å². The first-order valence-corrected chi connectivity index (χ1v) is 18.3. The van der Waals surface area contributed by atoms with Crippen LogP contribution in [0, 0.1) is 46.3 Å². The van der Waals surface area contributed by atoms with Crippen LogP contribution in [0.15, 0.2) is 11.6 Å². The summed E-state index contributed by atoms with van der Waals surface area (Å²) in [5.41, 5.74) is 2.50. The zero-order chi connectivity index (χ0) is 26.3. The average Bonchev–Trinajstić information content (AvgIpc) is 3.16. The fourth-order valence-corrected chi connectivity index (χ4v) is 11.6. The predicted molar refractivity (Wildman–Crippen MR) is 158 cm³/mol. The Kier molecular flexibility index (Phi) is 9.35. The van der Waals surface area contributed by atoms with Crippen LogP contribution in [0.25, 0.3) is 0 Å². The molecule has 9 atom stereocenters. The van der Waals surface area contributed by atoms with Crippen molar-refractivity contribution in [3.05, 3.63) is 11.6 Å². The fourth-order valence-electron chi connectivity index (χ4n) is 9.40. The number of alkyl halides is 1. The van der Waals surface area contributed by atoms with Crippen LogP contribution in [0.2, 0.25) is 0 Å². The van der Waals surface area contributed by atoms with Crippen LogP contribution < -0.4 is 0 Å². The Hall–Kier alpha value is 0.370. The summed E-state index contributed by atoms with van der Waals surface area (Å²) in [7, 11) is -0.816. The molecule has 0 bridgehead atoms. The summed E-state index contributed by atoms with van der Waals surface area (Å²) in [5.74, 6) is 5.24. The number of hydrogen-bond acceptors (Lipinski definition) is 2. The van der Waals surface area contributed by atoms with Gasteiger partial charge in [0.05, 0.1) is 6.10 Å². The van der Waals surface area contributed by atoms with Crippen molar-refractivity contribution in [2.24, 2.45) is 46.3 Å². The molecule has 36 heavy (non-hydrogen) atoms. The number of hydrogen-bond donors (Lipinski definition) is 0. The van der Waals surface area contributed by atoms with E-state index in [2.05, 4.69) is 56.6 Å². The van der Waals surface area contributed by atoms with E-state index in [0.29, 0.717) is 10.8 Å². The number of rotatable bonds is 10. The zero-order valence-corrected chi connectivity index (χ0v) is 26.9. The lowest BCUT2D eigenvalue weighted by Gasteiger charge is -2.58. The van der Waals surface area contributed by atoms with E-state index in [0.717, 1.165) is 60.2 Å². The smallest absolute Gasteiger partial charge is 0.269 e. The van der Waals surface area contributed by atoms with Gasteiger partial charge in [-0.3, -0.25) is 4.57 Å². The molecular weight excluding hydrogens is 529 g/mol. The van der Waals surface area contributed by atoms with Gasteiger partial charge in [-0.2, -0.15) is 0 Å². The Morgan fingerprint density at radius 1 is 1.11 bits per heavy atom. The van der Waals surface area contributed by atoms with Gasteiger partial charge in [0.25, 0.3) is 7.52 Å². The summed E-state index contributed by atoms with van der Waals surface area (Å²) < 4.78 is 21.5. The molecular formula is C31H55BrNO2P. The zero-order valence-electron chi connectivity index (χ0n) is 24.4.